The molecular formula is C15H21N3O. The molecule has 0 amide bonds. The highest BCUT2D eigenvalue weighted by Gasteiger charge is 2.22. The fourth-order valence-electron chi connectivity index (χ4n) is 2.45. The van der Waals surface area contributed by atoms with E-state index in [0.717, 1.165) is 30.8 Å². The normalized spacial score (nSPS) is 23.6. The van der Waals surface area contributed by atoms with Crippen molar-refractivity contribution in [2.45, 2.75) is 31.8 Å². The maximum Gasteiger partial charge on any atom is 0.174 e. The molecule has 19 heavy (non-hydrogen) atoms. The third kappa shape index (κ3) is 3.87. The first-order chi connectivity index (χ1) is 9.19. The van der Waals surface area contributed by atoms with Crippen molar-refractivity contribution in [1.82, 2.24) is 4.90 Å². The molecule has 1 aromatic carbocycles. The molecule has 1 saturated heterocycles. The van der Waals surface area contributed by atoms with E-state index in [9.17, 15) is 0 Å². The summed E-state index contributed by atoms with van der Waals surface area (Å²) < 4.78 is 5.31. The van der Waals surface area contributed by atoms with Gasteiger partial charge in [0, 0.05) is 30.4 Å². The number of benzene rings is 1. The van der Waals surface area contributed by atoms with E-state index >= 15 is 0 Å². The summed E-state index contributed by atoms with van der Waals surface area (Å²) in [5.74, 6) is 0.743. The van der Waals surface area contributed by atoms with Crippen LogP contribution in [0.3, 0.4) is 0 Å². The Morgan fingerprint density at radius 2 is 2.37 bits per heavy atom. The summed E-state index contributed by atoms with van der Waals surface area (Å²) in [7, 11) is 2.18. The zero-order valence-electron chi connectivity index (χ0n) is 11.6. The number of piperidine rings is 1. The monoisotopic (exact) mass is 259 g/mol. The van der Waals surface area contributed by atoms with E-state index in [4.69, 9.17) is 10.00 Å². The maximum absolute atomic E-state index is 8.52. The molecule has 4 heteroatoms. The summed E-state index contributed by atoms with van der Waals surface area (Å²) in [5.41, 5.74) is 1.07. The average molecular weight is 259 g/mol. The largest absolute Gasteiger partial charge is 0.479 e. The Kier molecular flexibility index (Phi) is 4.64. The van der Waals surface area contributed by atoms with E-state index < -0.39 is 0 Å². The van der Waals surface area contributed by atoms with Crippen molar-refractivity contribution in [2.24, 2.45) is 0 Å². The molecule has 0 aromatic heterocycles. The molecular weight excluding hydrogens is 238 g/mol. The molecule has 102 valence electrons. The van der Waals surface area contributed by atoms with Crippen LogP contribution in [0.25, 0.3) is 0 Å². The third-order valence-electron chi connectivity index (χ3n) is 3.72. The lowest BCUT2D eigenvalue weighted by Crippen LogP contribution is -2.42. The minimum Gasteiger partial charge on any atom is -0.479 e. The number of likely N-dealkylation sites (tertiary alicyclic amines) is 1. The lowest BCUT2D eigenvalue weighted by atomic mass is 9.98. The van der Waals surface area contributed by atoms with Crippen LogP contribution in [0.2, 0.25) is 0 Å². The Bertz CT molecular complexity index is 455. The second-order valence-corrected chi connectivity index (χ2v) is 5.17. The van der Waals surface area contributed by atoms with Crippen molar-refractivity contribution in [3.8, 4) is 11.8 Å². The molecule has 1 aliphatic rings. The number of hydrogen-bond acceptors (Lipinski definition) is 4. The third-order valence-corrected chi connectivity index (χ3v) is 3.72. The van der Waals surface area contributed by atoms with Crippen LogP contribution in [-0.4, -0.2) is 37.2 Å². The van der Waals surface area contributed by atoms with Crippen molar-refractivity contribution in [1.29, 1.82) is 5.26 Å². The second kappa shape index (κ2) is 6.44. The minimum atomic E-state index is 0.0920. The summed E-state index contributed by atoms with van der Waals surface area (Å²) in [6.07, 6.45) is 2.31. The van der Waals surface area contributed by atoms with Crippen molar-refractivity contribution in [3.63, 3.8) is 0 Å². The number of ether oxygens (including phenoxy) is 1. The first-order valence-corrected chi connectivity index (χ1v) is 6.75. The molecule has 0 bridgehead atoms. The molecule has 1 N–H and O–H groups in total. The maximum atomic E-state index is 8.52. The SMILES string of the molecule is CC1CC(Nc2cccc(OCC#N)c2)CCN1C. The topological polar surface area (TPSA) is 48.3 Å². The summed E-state index contributed by atoms with van der Waals surface area (Å²) in [5, 5.41) is 12.1. The fourth-order valence-corrected chi connectivity index (χ4v) is 2.45. The van der Waals surface area contributed by atoms with Crippen LogP contribution in [0.1, 0.15) is 19.8 Å². The Balaban J connectivity index is 1.94. The molecule has 0 radical (unpaired) electrons. The van der Waals surface area contributed by atoms with Gasteiger partial charge >= 0.3 is 0 Å². The smallest absolute Gasteiger partial charge is 0.174 e. The van der Waals surface area contributed by atoms with Gasteiger partial charge < -0.3 is 15.0 Å². The van der Waals surface area contributed by atoms with Crippen LogP contribution in [0.15, 0.2) is 24.3 Å². The molecule has 0 spiro atoms. The van der Waals surface area contributed by atoms with Gasteiger partial charge in [-0.1, -0.05) is 6.07 Å². The molecule has 0 aliphatic carbocycles. The highest BCUT2D eigenvalue weighted by molar-refractivity contribution is 5.49. The van der Waals surface area contributed by atoms with E-state index in [-0.39, 0.29) is 6.61 Å². The molecule has 2 unspecified atom stereocenters. The number of nitrogens with one attached hydrogen (secondary N) is 1. The first kappa shape index (κ1) is 13.7. The highest BCUT2D eigenvalue weighted by Crippen LogP contribution is 2.22. The lowest BCUT2D eigenvalue weighted by Gasteiger charge is -2.35. The second-order valence-electron chi connectivity index (χ2n) is 5.17. The predicted octanol–water partition coefficient (Wildman–Crippen LogP) is 2.48. The van der Waals surface area contributed by atoms with Gasteiger partial charge in [0.2, 0.25) is 0 Å². The highest BCUT2D eigenvalue weighted by atomic mass is 16.5. The summed E-state index contributed by atoms with van der Waals surface area (Å²) in [6, 6.07) is 10.9. The summed E-state index contributed by atoms with van der Waals surface area (Å²) in [6.45, 7) is 3.48. The quantitative estimate of drug-likeness (QED) is 0.902. The first-order valence-electron chi connectivity index (χ1n) is 6.75. The van der Waals surface area contributed by atoms with E-state index in [0.29, 0.717) is 12.1 Å². The Hall–Kier alpha value is -1.73. The standard InChI is InChI=1S/C15H21N3O/c1-12-10-14(6-8-18(12)2)17-13-4-3-5-15(11-13)19-9-7-16/h3-5,11-12,14,17H,6,8-10H2,1-2H3. The van der Waals surface area contributed by atoms with Gasteiger partial charge in [0.15, 0.2) is 6.61 Å². The van der Waals surface area contributed by atoms with Gasteiger partial charge in [0.1, 0.15) is 11.8 Å². The van der Waals surface area contributed by atoms with Crippen LogP contribution in [0, 0.1) is 11.3 Å². The number of rotatable bonds is 4. The van der Waals surface area contributed by atoms with Crippen LogP contribution < -0.4 is 10.1 Å². The van der Waals surface area contributed by atoms with Gasteiger partial charge in [-0.3, -0.25) is 0 Å². The van der Waals surface area contributed by atoms with Gasteiger partial charge in [0.25, 0.3) is 0 Å². The van der Waals surface area contributed by atoms with Crippen molar-refractivity contribution in [3.05, 3.63) is 24.3 Å². The molecule has 2 atom stereocenters. The van der Waals surface area contributed by atoms with Crippen molar-refractivity contribution >= 4 is 5.69 Å². The molecule has 1 heterocycles. The Morgan fingerprint density at radius 3 is 3.11 bits per heavy atom. The van der Waals surface area contributed by atoms with Crippen LogP contribution >= 0.6 is 0 Å². The average Bonchev–Trinajstić information content (AvgIpc) is 2.41. The molecule has 0 saturated carbocycles. The van der Waals surface area contributed by atoms with Gasteiger partial charge in [-0.25, -0.2) is 0 Å². The van der Waals surface area contributed by atoms with Gasteiger partial charge in [0.05, 0.1) is 0 Å². The fraction of sp³-hybridized carbons (Fsp3) is 0.533. The molecule has 4 nitrogen and oxygen atoms in total. The van der Waals surface area contributed by atoms with E-state index in [1.54, 1.807) is 0 Å². The van der Waals surface area contributed by atoms with Crippen molar-refractivity contribution < 1.29 is 4.74 Å². The van der Waals surface area contributed by atoms with E-state index in [1.807, 2.05) is 30.3 Å². The Morgan fingerprint density at radius 1 is 1.53 bits per heavy atom. The van der Waals surface area contributed by atoms with E-state index in [1.165, 1.54) is 0 Å². The molecule has 1 aliphatic heterocycles. The predicted molar refractivity (Wildman–Crippen MR) is 76.3 cm³/mol. The summed E-state index contributed by atoms with van der Waals surface area (Å²) >= 11 is 0. The molecule has 2 rings (SSSR count). The minimum absolute atomic E-state index is 0.0920. The number of hydrogen-bond donors (Lipinski definition) is 1. The number of anilines is 1. The molecule has 1 aromatic rings. The van der Waals surface area contributed by atoms with Crippen LogP contribution in [-0.2, 0) is 0 Å². The number of nitriles is 1. The lowest BCUT2D eigenvalue weighted by molar-refractivity contribution is 0.190. The van der Waals surface area contributed by atoms with Gasteiger partial charge in [-0.15, -0.1) is 0 Å². The van der Waals surface area contributed by atoms with Crippen LogP contribution in [0.4, 0.5) is 5.69 Å². The van der Waals surface area contributed by atoms with Crippen molar-refractivity contribution in [2.75, 3.05) is 25.5 Å². The van der Waals surface area contributed by atoms with Crippen LogP contribution in [0.5, 0.6) is 5.75 Å². The van der Waals surface area contributed by atoms with Gasteiger partial charge in [-0.05, 0) is 38.9 Å². The van der Waals surface area contributed by atoms with E-state index in [2.05, 4.69) is 24.2 Å². The zero-order valence-corrected chi connectivity index (χ0v) is 11.6. The summed E-state index contributed by atoms with van der Waals surface area (Å²) in [4.78, 5) is 2.39. The number of nitrogens with zero attached hydrogens (tertiary/aromatic N) is 2. The Labute approximate surface area is 115 Å². The zero-order chi connectivity index (χ0) is 13.7. The van der Waals surface area contributed by atoms with Gasteiger partial charge in [-0.2, -0.15) is 5.26 Å². The molecule has 1 fully saturated rings.